The first-order valence-corrected chi connectivity index (χ1v) is 6.86. The Morgan fingerprint density at radius 3 is 2.40 bits per heavy atom. The zero-order valence-electron chi connectivity index (χ0n) is 11.7. The van der Waals surface area contributed by atoms with Gasteiger partial charge in [0.15, 0.2) is 0 Å². The predicted molar refractivity (Wildman–Crippen MR) is 79.3 cm³/mol. The van der Waals surface area contributed by atoms with E-state index in [0.29, 0.717) is 5.92 Å². The van der Waals surface area contributed by atoms with Gasteiger partial charge in [0.1, 0.15) is 0 Å². The van der Waals surface area contributed by atoms with E-state index in [1.807, 2.05) is 30.3 Å². The van der Waals surface area contributed by atoms with Crippen LogP contribution in [0.5, 0.6) is 0 Å². The molecule has 2 aromatic rings. The minimum Gasteiger partial charge on any atom is -0.326 e. The summed E-state index contributed by atoms with van der Waals surface area (Å²) in [5, 5.41) is 2.98. The molecular formula is C17H18N2O. The largest absolute Gasteiger partial charge is 0.326 e. The Labute approximate surface area is 119 Å². The van der Waals surface area contributed by atoms with E-state index in [9.17, 15) is 4.79 Å². The zero-order valence-corrected chi connectivity index (χ0v) is 11.7. The highest BCUT2D eigenvalue weighted by Crippen LogP contribution is 2.64. The Morgan fingerprint density at radius 1 is 1.10 bits per heavy atom. The number of nitrogens with zero attached hydrogens (tertiary/aromatic N) is 1. The van der Waals surface area contributed by atoms with E-state index in [1.54, 1.807) is 12.4 Å². The van der Waals surface area contributed by atoms with Gasteiger partial charge in [-0.1, -0.05) is 44.2 Å². The fourth-order valence-corrected chi connectivity index (χ4v) is 3.06. The van der Waals surface area contributed by atoms with Crippen molar-refractivity contribution in [3.8, 4) is 0 Å². The SMILES string of the molecule is CC1(C)[C@H](C(=O)Nc2ccncc2)[C@H]1c1ccccc1. The van der Waals surface area contributed by atoms with Crippen LogP contribution in [-0.2, 0) is 4.79 Å². The molecule has 1 saturated carbocycles. The number of benzene rings is 1. The Bertz CT molecular complexity index is 607. The highest BCUT2D eigenvalue weighted by atomic mass is 16.2. The molecule has 1 aromatic carbocycles. The van der Waals surface area contributed by atoms with Crippen LogP contribution in [0.4, 0.5) is 5.69 Å². The molecule has 1 fully saturated rings. The molecule has 20 heavy (non-hydrogen) atoms. The van der Waals surface area contributed by atoms with E-state index in [1.165, 1.54) is 5.56 Å². The van der Waals surface area contributed by atoms with Gasteiger partial charge in [-0.2, -0.15) is 0 Å². The van der Waals surface area contributed by atoms with Crippen LogP contribution in [0.15, 0.2) is 54.9 Å². The standard InChI is InChI=1S/C17H18N2O/c1-17(2)14(12-6-4-3-5-7-12)15(17)16(20)19-13-8-10-18-11-9-13/h3-11,14-15H,1-2H3,(H,18,19,20)/t14-,15+/m1/s1. The monoisotopic (exact) mass is 266 g/mol. The Balaban J connectivity index is 1.76. The second kappa shape index (κ2) is 4.75. The van der Waals surface area contributed by atoms with Gasteiger partial charge in [-0.05, 0) is 23.1 Å². The first kappa shape index (κ1) is 12.9. The van der Waals surface area contributed by atoms with Gasteiger partial charge in [-0.25, -0.2) is 0 Å². The van der Waals surface area contributed by atoms with Gasteiger partial charge in [0, 0.05) is 24.0 Å². The van der Waals surface area contributed by atoms with Crippen LogP contribution in [0.2, 0.25) is 0 Å². The summed E-state index contributed by atoms with van der Waals surface area (Å²) in [5.41, 5.74) is 2.06. The highest BCUT2D eigenvalue weighted by Gasteiger charge is 2.62. The lowest BCUT2D eigenvalue weighted by molar-refractivity contribution is -0.118. The van der Waals surface area contributed by atoms with Gasteiger partial charge in [0.2, 0.25) is 5.91 Å². The molecule has 0 unspecified atom stereocenters. The molecule has 1 heterocycles. The van der Waals surface area contributed by atoms with Crippen LogP contribution in [0.3, 0.4) is 0 Å². The lowest BCUT2D eigenvalue weighted by Crippen LogP contribution is -2.16. The molecule has 3 heteroatoms. The molecule has 1 N–H and O–H groups in total. The quantitative estimate of drug-likeness (QED) is 0.924. The summed E-state index contributed by atoms with van der Waals surface area (Å²) in [4.78, 5) is 16.4. The third kappa shape index (κ3) is 2.20. The van der Waals surface area contributed by atoms with Crippen LogP contribution in [0, 0.1) is 11.3 Å². The van der Waals surface area contributed by atoms with Crippen molar-refractivity contribution in [3.63, 3.8) is 0 Å². The number of rotatable bonds is 3. The zero-order chi connectivity index (χ0) is 14.2. The van der Waals surface area contributed by atoms with E-state index in [-0.39, 0.29) is 17.2 Å². The van der Waals surface area contributed by atoms with Gasteiger partial charge in [-0.15, -0.1) is 0 Å². The maximum absolute atomic E-state index is 12.4. The number of pyridine rings is 1. The van der Waals surface area contributed by atoms with Gasteiger partial charge >= 0.3 is 0 Å². The third-order valence-corrected chi connectivity index (χ3v) is 4.22. The first-order chi connectivity index (χ1) is 9.60. The number of carbonyl (C=O) groups is 1. The van der Waals surface area contributed by atoms with Crippen molar-refractivity contribution in [2.24, 2.45) is 11.3 Å². The molecule has 1 aliphatic rings. The average Bonchev–Trinajstić information content (AvgIpc) is 3.04. The molecule has 3 nitrogen and oxygen atoms in total. The van der Waals surface area contributed by atoms with E-state index >= 15 is 0 Å². The number of carbonyl (C=O) groups excluding carboxylic acids is 1. The van der Waals surface area contributed by atoms with Gasteiger partial charge in [0.25, 0.3) is 0 Å². The molecule has 2 atom stereocenters. The third-order valence-electron chi connectivity index (χ3n) is 4.22. The van der Waals surface area contributed by atoms with Crippen molar-refractivity contribution in [1.82, 2.24) is 4.98 Å². The Hall–Kier alpha value is -2.16. The van der Waals surface area contributed by atoms with E-state index in [0.717, 1.165) is 5.69 Å². The number of anilines is 1. The molecule has 1 aliphatic carbocycles. The summed E-state index contributed by atoms with van der Waals surface area (Å²) < 4.78 is 0. The van der Waals surface area contributed by atoms with Gasteiger partial charge < -0.3 is 5.32 Å². The summed E-state index contributed by atoms with van der Waals surface area (Å²) in [6, 6.07) is 13.9. The summed E-state index contributed by atoms with van der Waals surface area (Å²) in [6.45, 7) is 4.31. The number of nitrogens with one attached hydrogen (secondary N) is 1. The number of aromatic nitrogens is 1. The normalized spacial score (nSPS) is 23.1. The molecule has 0 saturated heterocycles. The highest BCUT2D eigenvalue weighted by molar-refractivity contribution is 5.96. The van der Waals surface area contributed by atoms with Crippen LogP contribution in [0.1, 0.15) is 25.3 Å². The van der Waals surface area contributed by atoms with Crippen LogP contribution in [0.25, 0.3) is 0 Å². The molecule has 0 radical (unpaired) electrons. The fourth-order valence-electron chi connectivity index (χ4n) is 3.06. The van der Waals surface area contributed by atoms with Gasteiger partial charge in [-0.3, -0.25) is 9.78 Å². The van der Waals surface area contributed by atoms with E-state index < -0.39 is 0 Å². The summed E-state index contributed by atoms with van der Waals surface area (Å²) in [5.74, 6) is 0.415. The maximum Gasteiger partial charge on any atom is 0.228 e. The van der Waals surface area contributed by atoms with Crippen molar-refractivity contribution >= 4 is 11.6 Å². The molecule has 102 valence electrons. The lowest BCUT2D eigenvalue weighted by Gasteiger charge is -2.05. The molecule has 1 amide bonds. The molecule has 0 bridgehead atoms. The van der Waals surface area contributed by atoms with Gasteiger partial charge in [0.05, 0.1) is 5.92 Å². The van der Waals surface area contributed by atoms with Crippen LogP contribution in [-0.4, -0.2) is 10.9 Å². The lowest BCUT2D eigenvalue weighted by atomic mass is 10.0. The van der Waals surface area contributed by atoms with Crippen LogP contribution >= 0.6 is 0 Å². The fraction of sp³-hybridized carbons (Fsp3) is 0.294. The first-order valence-electron chi connectivity index (χ1n) is 6.86. The van der Waals surface area contributed by atoms with Crippen LogP contribution < -0.4 is 5.32 Å². The van der Waals surface area contributed by atoms with Crippen molar-refractivity contribution in [2.45, 2.75) is 19.8 Å². The second-order valence-corrected chi connectivity index (χ2v) is 5.91. The summed E-state index contributed by atoms with van der Waals surface area (Å²) >= 11 is 0. The van der Waals surface area contributed by atoms with E-state index in [4.69, 9.17) is 0 Å². The Morgan fingerprint density at radius 2 is 1.75 bits per heavy atom. The molecular weight excluding hydrogens is 248 g/mol. The minimum absolute atomic E-state index is 0.0124. The average molecular weight is 266 g/mol. The summed E-state index contributed by atoms with van der Waals surface area (Å²) in [6.07, 6.45) is 3.37. The molecule has 0 aliphatic heterocycles. The Kier molecular flexibility index (Phi) is 3.05. The van der Waals surface area contributed by atoms with Crippen molar-refractivity contribution in [1.29, 1.82) is 0 Å². The summed E-state index contributed by atoms with van der Waals surface area (Å²) in [7, 11) is 0. The molecule has 1 aromatic heterocycles. The minimum atomic E-state index is 0.0124. The maximum atomic E-state index is 12.4. The number of hydrogen-bond acceptors (Lipinski definition) is 2. The van der Waals surface area contributed by atoms with E-state index in [2.05, 4.69) is 36.3 Å². The number of amides is 1. The van der Waals surface area contributed by atoms with Crippen molar-refractivity contribution in [2.75, 3.05) is 5.32 Å². The topological polar surface area (TPSA) is 42.0 Å². The second-order valence-electron chi connectivity index (χ2n) is 5.91. The smallest absolute Gasteiger partial charge is 0.228 e. The number of hydrogen-bond donors (Lipinski definition) is 1. The van der Waals surface area contributed by atoms with Crippen molar-refractivity contribution in [3.05, 3.63) is 60.4 Å². The molecule has 3 rings (SSSR count). The van der Waals surface area contributed by atoms with Crippen molar-refractivity contribution < 1.29 is 4.79 Å². The predicted octanol–water partition coefficient (Wildman–Crippen LogP) is 3.46. The molecule has 0 spiro atoms.